The second-order valence-corrected chi connectivity index (χ2v) is 5.34. The molecule has 1 aliphatic rings. The summed E-state index contributed by atoms with van der Waals surface area (Å²) in [6, 6.07) is 6.47. The molecule has 4 nitrogen and oxygen atoms in total. The molecule has 2 N–H and O–H groups in total. The summed E-state index contributed by atoms with van der Waals surface area (Å²) in [5.41, 5.74) is 3.75. The maximum Gasteiger partial charge on any atom is 0.304 e. The minimum atomic E-state index is -0.736. The number of hydrogen-bond donors (Lipinski definition) is 2. The minimum Gasteiger partial charge on any atom is -0.481 e. The maximum absolute atomic E-state index is 10.9. The summed E-state index contributed by atoms with van der Waals surface area (Å²) >= 11 is 0. The Morgan fingerprint density at radius 3 is 2.95 bits per heavy atom. The van der Waals surface area contributed by atoms with Crippen LogP contribution in [0.1, 0.15) is 24.0 Å². The molecule has 2 rings (SSSR count). The SMILES string of the molecule is Cc1ccc(N2CCCNC(CC(=O)O)C2)c(C)c1. The third-order valence-corrected chi connectivity index (χ3v) is 3.59. The number of carbonyl (C=O) groups is 1. The summed E-state index contributed by atoms with van der Waals surface area (Å²) in [5, 5.41) is 12.3. The molecule has 19 heavy (non-hydrogen) atoms. The molecule has 4 heteroatoms. The van der Waals surface area contributed by atoms with Crippen LogP contribution in [0.15, 0.2) is 18.2 Å². The fourth-order valence-electron chi connectivity index (χ4n) is 2.72. The molecule has 1 atom stereocenters. The molecule has 0 bridgehead atoms. The van der Waals surface area contributed by atoms with E-state index in [1.54, 1.807) is 0 Å². The molecule has 1 fully saturated rings. The molecule has 0 aliphatic carbocycles. The molecule has 1 saturated heterocycles. The van der Waals surface area contributed by atoms with E-state index in [2.05, 4.69) is 42.3 Å². The molecule has 1 aromatic carbocycles. The van der Waals surface area contributed by atoms with Gasteiger partial charge in [-0.15, -0.1) is 0 Å². The van der Waals surface area contributed by atoms with Crippen molar-refractivity contribution in [3.8, 4) is 0 Å². The highest BCUT2D eigenvalue weighted by molar-refractivity contribution is 5.67. The Labute approximate surface area is 114 Å². The Morgan fingerprint density at radius 1 is 1.47 bits per heavy atom. The van der Waals surface area contributed by atoms with Crippen LogP contribution in [0.4, 0.5) is 5.69 Å². The molecule has 104 valence electrons. The minimum absolute atomic E-state index is 0.0284. The highest BCUT2D eigenvalue weighted by Crippen LogP contribution is 2.22. The number of carboxylic acid groups (broad SMARTS) is 1. The van der Waals surface area contributed by atoms with Crippen LogP contribution >= 0.6 is 0 Å². The number of aliphatic carboxylic acids is 1. The van der Waals surface area contributed by atoms with Crippen LogP contribution in [0.3, 0.4) is 0 Å². The van der Waals surface area contributed by atoms with E-state index in [-0.39, 0.29) is 12.5 Å². The monoisotopic (exact) mass is 262 g/mol. The number of benzene rings is 1. The van der Waals surface area contributed by atoms with Gasteiger partial charge in [-0.3, -0.25) is 4.79 Å². The van der Waals surface area contributed by atoms with Crippen LogP contribution in [0, 0.1) is 13.8 Å². The molecule has 0 radical (unpaired) electrons. The molecule has 0 amide bonds. The number of aryl methyl sites for hydroxylation is 2. The summed E-state index contributed by atoms with van der Waals surface area (Å²) in [5.74, 6) is -0.736. The zero-order valence-electron chi connectivity index (χ0n) is 11.6. The fourth-order valence-corrected chi connectivity index (χ4v) is 2.72. The number of nitrogens with zero attached hydrogens (tertiary/aromatic N) is 1. The first-order chi connectivity index (χ1) is 9.06. The average Bonchev–Trinajstić information content (AvgIpc) is 2.53. The highest BCUT2D eigenvalue weighted by atomic mass is 16.4. The van der Waals surface area contributed by atoms with E-state index in [4.69, 9.17) is 5.11 Å². The van der Waals surface area contributed by atoms with Crippen LogP contribution in [-0.4, -0.2) is 36.8 Å². The molecule has 1 aromatic rings. The molecular weight excluding hydrogens is 240 g/mol. The van der Waals surface area contributed by atoms with Crippen molar-refractivity contribution in [1.82, 2.24) is 5.32 Å². The van der Waals surface area contributed by atoms with Crippen molar-refractivity contribution in [2.45, 2.75) is 32.7 Å². The molecule has 1 aliphatic heterocycles. The van der Waals surface area contributed by atoms with Crippen molar-refractivity contribution in [2.24, 2.45) is 0 Å². The zero-order valence-corrected chi connectivity index (χ0v) is 11.6. The van der Waals surface area contributed by atoms with Crippen molar-refractivity contribution in [3.63, 3.8) is 0 Å². The lowest BCUT2D eigenvalue weighted by Crippen LogP contribution is -2.39. The van der Waals surface area contributed by atoms with Gasteiger partial charge in [0.2, 0.25) is 0 Å². The van der Waals surface area contributed by atoms with E-state index in [1.807, 2.05) is 0 Å². The predicted octanol–water partition coefficient (Wildman–Crippen LogP) is 1.95. The van der Waals surface area contributed by atoms with Gasteiger partial charge in [0.05, 0.1) is 6.42 Å². The third-order valence-electron chi connectivity index (χ3n) is 3.59. The molecule has 1 unspecified atom stereocenters. The van der Waals surface area contributed by atoms with E-state index in [0.29, 0.717) is 0 Å². The van der Waals surface area contributed by atoms with Gasteiger partial charge < -0.3 is 15.3 Å². The van der Waals surface area contributed by atoms with Gasteiger partial charge >= 0.3 is 5.97 Å². The third kappa shape index (κ3) is 3.70. The lowest BCUT2D eigenvalue weighted by Gasteiger charge is -2.27. The molecule has 0 spiro atoms. The first-order valence-corrected chi connectivity index (χ1v) is 6.83. The second kappa shape index (κ2) is 6.06. The van der Waals surface area contributed by atoms with Gasteiger partial charge in [-0.2, -0.15) is 0 Å². The lowest BCUT2D eigenvalue weighted by molar-refractivity contribution is -0.137. The predicted molar refractivity (Wildman–Crippen MR) is 76.8 cm³/mol. The standard InChI is InChI=1S/C15H22N2O2/c1-11-4-5-14(12(2)8-11)17-7-3-6-16-13(10-17)9-15(18)19/h4-5,8,13,16H,3,6-7,9-10H2,1-2H3,(H,18,19). The Bertz CT molecular complexity index is 459. The smallest absolute Gasteiger partial charge is 0.304 e. The number of anilines is 1. The summed E-state index contributed by atoms with van der Waals surface area (Å²) < 4.78 is 0. The van der Waals surface area contributed by atoms with Crippen molar-refractivity contribution >= 4 is 11.7 Å². The first kappa shape index (κ1) is 13.9. The van der Waals surface area contributed by atoms with E-state index >= 15 is 0 Å². The maximum atomic E-state index is 10.9. The second-order valence-electron chi connectivity index (χ2n) is 5.34. The Kier molecular flexibility index (Phi) is 4.43. The summed E-state index contributed by atoms with van der Waals surface area (Å²) in [7, 11) is 0. The van der Waals surface area contributed by atoms with Gasteiger partial charge in [-0.05, 0) is 38.4 Å². The van der Waals surface area contributed by atoms with Gasteiger partial charge in [0.25, 0.3) is 0 Å². The van der Waals surface area contributed by atoms with Crippen LogP contribution in [0.5, 0.6) is 0 Å². The lowest BCUT2D eigenvalue weighted by atomic mass is 10.1. The quantitative estimate of drug-likeness (QED) is 0.874. The Balaban J connectivity index is 2.15. The largest absolute Gasteiger partial charge is 0.481 e. The van der Waals surface area contributed by atoms with Gasteiger partial charge in [0, 0.05) is 24.8 Å². The average molecular weight is 262 g/mol. The normalized spacial score (nSPS) is 20.1. The number of hydrogen-bond acceptors (Lipinski definition) is 3. The van der Waals surface area contributed by atoms with E-state index < -0.39 is 5.97 Å². The van der Waals surface area contributed by atoms with Crippen molar-refractivity contribution in [1.29, 1.82) is 0 Å². The van der Waals surface area contributed by atoms with Crippen molar-refractivity contribution < 1.29 is 9.90 Å². The Hall–Kier alpha value is -1.55. The van der Waals surface area contributed by atoms with Gasteiger partial charge in [0.15, 0.2) is 0 Å². The fraction of sp³-hybridized carbons (Fsp3) is 0.533. The van der Waals surface area contributed by atoms with Crippen LogP contribution in [0.2, 0.25) is 0 Å². The van der Waals surface area contributed by atoms with Gasteiger partial charge in [0.1, 0.15) is 0 Å². The van der Waals surface area contributed by atoms with E-state index in [0.717, 1.165) is 26.1 Å². The number of carboxylic acids is 1. The highest BCUT2D eigenvalue weighted by Gasteiger charge is 2.21. The van der Waals surface area contributed by atoms with Crippen molar-refractivity contribution in [2.75, 3.05) is 24.5 Å². The number of nitrogens with one attached hydrogen (secondary N) is 1. The molecule has 0 saturated carbocycles. The number of rotatable bonds is 3. The molecule has 0 aromatic heterocycles. The van der Waals surface area contributed by atoms with Crippen LogP contribution < -0.4 is 10.2 Å². The van der Waals surface area contributed by atoms with E-state index in [9.17, 15) is 4.79 Å². The van der Waals surface area contributed by atoms with Crippen LogP contribution in [-0.2, 0) is 4.79 Å². The first-order valence-electron chi connectivity index (χ1n) is 6.83. The summed E-state index contributed by atoms with van der Waals surface area (Å²) in [6.45, 7) is 6.84. The van der Waals surface area contributed by atoms with Gasteiger partial charge in [-0.25, -0.2) is 0 Å². The topological polar surface area (TPSA) is 52.6 Å². The zero-order chi connectivity index (χ0) is 13.8. The summed E-state index contributed by atoms with van der Waals surface area (Å²) in [6.07, 6.45) is 1.23. The van der Waals surface area contributed by atoms with Crippen molar-refractivity contribution in [3.05, 3.63) is 29.3 Å². The molecular formula is C15H22N2O2. The van der Waals surface area contributed by atoms with E-state index in [1.165, 1.54) is 16.8 Å². The Morgan fingerprint density at radius 2 is 2.26 bits per heavy atom. The van der Waals surface area contributed by atoms with Crippen LogP contribution in [0.25, 0.3) is 0 Å². The summed E-state index contributed by atoms with van der Waals surface area (Å²) in [4.78, 5) is 13.2. The van der Waals surface area contributed by atoms with Gasteiger partial charge in [-0.1, -0.05) is 17.7 Å². The molecule has 1 heterocycles.